The van der Waals surface area contributed by atoms with Gasteiger partial charge in [0.25, 0.3) is 0 Å². The van der Waals surface area contributed by atoms with Crippen molar-refractivity contribution in [1.82, 2.24) is 15.2 Å². The van der Waals surface area contributed by atoms with Gasteiger partial charge in [0.15, 0.2) is 0 Å². The highest BCUT2D eigenvalue weighted by molar-refractivity contribution is 7.80. The molecule has 3 heterocycles. The molecule has 0 aliphatic heterocycles. The van der Waals surface area contributed by atoms with E-state index >= 15 is 0 Å². The van der Waals surface area contributed by atoms with Crippen LogP contribution in [-0.4, -0.2) is 15.2 Å². The second kappa shape index (κ2) is 5.03. The van der Waals surface area contributed by atoms with Crippen LogP contribution in [-0.2, 0) is 0 Å². The Labute approximate surface area is 124 Å². The third-order valence-electron chi connectivity index (χ3n) is 2.60. The summed E-state index contributed by atoms with van der Waals surface area (Å²) in [6, 6.07) is 4.23. The first kappa shape index (κ1) is 12.8. The summed E-state index contributed by atoms with van der Waals surface area (Å²) in [6.45, 7) is 4.15. The number of aryl methyl sites for hydroxylation is 2. The molecular formula is C13H11N3S3. The monoisotopic (exact) mass is 305 g/mol. The Hall–Kier alpha value is -1.24. The minimum absolute atomic E-state index is 0.401. The van der Waals surface area contributed by atoms with Gasteiger partial charge in [0.05, 0.1) is 9.75 Å². The summed E-state index contributed by atoms with van der Waals surface area (Å²) in [7, 11) is 0. The second-order valence-corrected chi connectivity index (χ2v) is 6.51. The second-order valence-electron chi connectivity index (χ2n) is 4.29. The topological polar surface area (TPSA) is 38.7 Å². The molecule has 0 amide bonds. The molecule has 3 aromatic heterocycles. The van der Waals surface area contributed by atoms with Crippen molar-refractivity contribution in [3.05, 3.63) is 34.0 Å². The fourth-order valence-corrected chi connectivity index (χ4v) is 3.68. The van der Waals surface area contributed by atoms with Crippen molar-refractivity contribution in [2.75, 3.05) is 0 Å². The van der Waals surface area contributed by atoms with Crippen LogP contribution in [0.5, 0.6) is 0 Å². The van der Waals surface area contributed by atoms with Crippen LogP contribution >= 0.6 is 35.3 Å². The van der Waals surface area contributed by atoms with Crippen LogP contribution in [0.2, 0.25) is 0 Å². The van der Waals surface area contributed by atoms with E-state index in [2.05, 4.69) is 64.6 Å². The van der Waals surface area contributed by atoms with Crippen LogP contribution in [0, 0.1) is 13.8 Å². The molecule has 0 spiro atoms. The molecule has 19 heavy (non-hydrogen) atoms. The van der Waals surface area contributed by atoms with E-state index in [1.54, 1.807) is 22.7 Å². The first-order valence-electron chi connectivity index (χ1n) is 5.68. The summed E-state index contributed by atoms with van der Waals surface area (Å²) in [5.41, 5.74) is 4.15. The Morgan fingerprint density at radius 1 is 0.895 bits per heavy atom. The largest absolute Gasteiger partial charge is 0.218 e. The average molecular weight is 305 g/mol. The molecule has 0 saturated heterocycles. The maximum absolute atomic E-state index is 4.45. The smallest absolute Gasteiger partial charge is 0.206 e. The van der Waals surface area contributed by atoms with Gasteiger partial charge in [-0.2, -0.15) is 0 Å². The molecule has 0 saturated carbocycles. The summed E-state index contributed by atoms with van der Waals surface area (Å²) in [5.74, 6) is 0. The SMILES string of the molecule is Cc1csc(-c2nnc(S)nc2-c2cc(C)cs2)c1. The van der Waals surface area contributed by atoms with Crippen molar-refractivity contribution in [3.63, 3.8) is 0 Å². The molecule has 0 unspecified atom stereocenters. The van der Waals surface area contributed by atoms with Crippen LogP contribution in [0.3, 0.4) is 0 Å². The maximum Gasteiger partial charge on any atom is 0.206 e. The molecule has 6 heteroatoms. The highest BCUT2D eigenvalue weighted by Gasteiger charge is 2.15. The molecule has 0 bridgehead atoms. The average Bonchev–Trinajstić information content (AvgIpc) is 2.98. The quantitative estimate of drug-likeness (QED) is 0.720. The Morgan fingerprint density at radius 3 is 2.00 bits per heavy atom. The first-order valence-corrected chi connectivity index (χ1v) is 7.89. The van der Waals surface area contributed by atoms with Gasteiger partial charge in [-0.1, -0.05) is 0 Å². The molecule has 96 valence electrons. The van der Waals surface area contributed by atoms with Gasteiger partial charge in [0.1, 0.15) is 11.4 Å². The molecule has 0 aromatic carbocycles. The van der Waals surface area contributed by atoms with Crippen molar-refractivity contribution in [2.24, 2.45) is 0 Å². The number of aromatic nitrogens is 3. The zero-order valence-corrected chi connectivity index (χ0v) is 12.9. The standard InChI is InChI=1S/C13H11N3S3/c1-7-3-9(18-5-7)11-12(15-16-13(17)14-11)10-4-8(2)6-19-10/h3-6H,1-2H3,(H,14,16,17). The number of thiophene rings is 2. The van der Waals surface area contributed by atoms with Crippen LogP contribution in [0.15, 0.2) is 28.0 Å². The Bertz CT molecular complexity index is 730. The van der Waals surface area contributed by atoms with E-state index in [-0.39, 0.29) is 0 Å². The van der Waals surface area contributed by atoms with Gasteiger partial charge in [-0.15, -0.1) is 45.5 Å². The van der Waals surface area contributed by atoms with E-state index < -0.39 is 0 Å². The van der Waals surface area contributed by atoms with Crippen molar-refractivity contribution in [1.29, 1.82) is 0 Å². The first-order chi connectivity index (χ1) is 9.13. The minimum Gasteiger partial charge on any atom is -0.218 e. The van der Waals surface area contributed by atoms with Gasteiger partial charge in [-0.25, -0.2) is 4.98 Å². The molecule has 0 N–H and O–H groups in total. The van der Waals surface area contributed by atoms with E-state index in [4.69, 9.17) is 0 Å². The molecule has 3 rings (SSSR count). The summed E-state index contributed by atoms with van der Waals surface area (Å²) < 4.78 is 0. The molecule has 3 aromatic rings. The lowest BCUT2D eigenvalue weighted by atomic mass is 10.2. The van der Waals surface area contributed by atoms with Crippen molar-refractivity contribution in [2.45, 2.75) is 19.0 Å². The lowest BCUT2D eigenvalue weighted by Crippen LogP contribution is -1.95. The molecule has 0 radical (unpaired) electrons. The zero-order chi connectivity index (χ0) is 13.4. The van der Waals surface area contributed by atoms with Crippen LogP contribution in [0.25, 0.3) is 21.1 Å². The molecular weight excluding hydrogens is 294 g/mol. The number of hydrogen-bond donors (Lipinski definition) is 1. The predicted molar refractivity (Wildman–Crippen MR) is 83.2 cm³/mol. The molecule has 0 aliphatic carbocycles. The van der Waals surface area contributed by atoms with Crippen LogP contribution in [0.1, 0.15) is 11.1 Å². The van der Waals surface area contributed by atoms with Gasteiger partial charge in [-0.3, -0.25) is 0 Å². The van der Waals surface area contributed by atoms with E-state index in [9.17, 15) is 0 Å². The normalized spacial score (nSPS) is 10.9. The zero-order valence-electron chi connectivity index (χ0n) is 10.4. The summed E-state index contributed by atoms with van der Waals surface area (Å²) in [6.07, 6.45) is 0. The summed E-state index contributed by atoms with van der Waals surface area (Å²) in [4.78, 5) is 6.64. The van der Waals surface area contributed by atoms with Crippen LogP contribution in [0.4, 0.5) is 0 Å². The van der Waals surface area contributed by atoms with Crippen LogP contribution < -0.4 is 0 Å². The number of thiol groups is 1. The lowest BCUT2D eigenvalue weighted by molar-refractivity contribution is 0.857. The molecule has 0 fully saturated rings. The molecule has 0 atom stereocenters. The Morgan fingerprint density at radius 2 is 1.47 bits per heavy atom. The van der Waals surface area contributed by atoms with Gasteiger partial charge in [0.2, 0.25) is 5.16 Å². The van der Waals surface area contributed by atoms with Gasteiger partial charge >= 0.3 is 0 Å². The van der Waals surface area contributed by atoms with E-state index in [1.165, 1.54) is 11.1 Å². The van der Waals surface area contributed by atoms with Crippen molar-refractivity contribution in [3.8, 4) is 21.1 Å². The fraction of sp³-hybridized carbons (Fsp3) is 0.154. The van der Waals surface area contributed by atoms with Gasteiger partial charge in [-0.05, 0) is 47.9 Å². The summed E-state index contributed by atoms with van der Waals surface area (Å²) in [5, 5.41) is 12.9. The highest BCUT2D eigenvalue weighted by Crippen LogP contribution is 2.35. The molecule has 3 nitrogen and oxygen atoms in total. The Balaban J connectivity index is 2.20. The lowest BCUT2D eigenvalue weighted by Gasteiger charge is -2.03. The maximum atomic E-state index is 4.45. The molecule has 0 aliphatic rings. The Kier molecular flexibility index (Phi) is 3.38. The number of rotatable bonds is 2. The van der Waals surface area contributed by atoms with E-state index in [1.807, 2.05) is 0 Å². The van der Waals surface area contributed by atoms with E-state index in [0.717, 1.165) is 21.1 Å². The summed E-state index contributed by atoms with van der Waals surface area (Å²) >= 11 is 7.53. The predicted octanol–water partition coefficient (Wildman–Crippen LogP) is 4.23. The third-order valence-corrected chi connectivity index (χ3v) is 4.90. The number of hydrogen-bond acceptors (Lipinski definition) is 6. The van der Waals surface area contributed by atoms with Gasteiger partial charge in [0, 0.05) is 0 Å². The third kappa shape index (κ3) is 2.56. The van der Waals surface area contributed by atoms with Crippen molar-refractivity contribution >= 4 is 35.3 Å². The van der Waals surface area contributed by atoms with Gasteiger partial charge < -0.3 is 0 Å². The number of nitrogens with zero attached hydrogens (tertiary/aromatic N) is 3. The fourth-order valence-electron chi connectivity index (χ4n) is 1.77. The highest BCUT2D eigenvalue weighted by atomic mass is 32.1. The van der Waals surface area contributed by atoms with Crippen molar-refractivity contribution < 1.29 is 0 Å². The van der Waals surface area contributed by atoms with E-state index in [0.29, 0.717) is 5.16 Å². The minimum atomic E-state index is 0.401.